The molecule has 0 radical (unpaired) electrons. The van der Waals surface area contributed by atoms with Crippen molar-refractivity contribution < 1.29 is 14.3 Å². The number of carbonyl (C=O) groups excluding carboxylic acids is 1. The number of nitrogens with one attached hydrogen (secondary N) is 1. The summed E-state index contributed by atoms with van der Waals surface area (Å²) in [7, 11) is 1.79. The minimum atomic E-state index is -0.668. The van der Waals surface area contributed by atoms with Crippen LogP contribution in [0.5, 0.6) is 0 Å². The number of likely N-dealkylation sites (N-methyl/N-ethyl adjacent to an activating group) is 2. The Morgan fingerprint density at radius 1 is 1.28 bits per heavy atom. The molecule has 0 saturated heterocycles. The highest BCUT2D eigenvalue weighted by molar-refractivity contribution is 5.80. The van der Waals surface area contributed by atoms with E-state index in [-0.39, 0.29) is 5.97 Å². The molecule has 0 spiro atoms. The normalized spacial score (nSPS) is 14.6. The number of rotatable bonds is 10. The Labute approximate surface area is 111 Å². The Hall–Kier alpha value is -0.650. The SMILES string of the molecule is CCOCCN(CC)CC(C)(NC)C(=O)OCC. The van der Waals surface area contributed by atoms with Gasteiger partial charge in [-0.25, -0.2) is 0 Å². The van der Waals surface area contributed by atoms with Gasteiger partial charge in [-0.05, 0) is 34.4 Å². The molecule has 0 rings (SSSR count). The molecule has 0 aliphatic carbocycles. The van der Waals surface area contributed by atoms with Crippen LogP contribution in [0.3, 0.4) is 0 Å². The zero-order valence-electron chi connectivity index (χ0n) is 12.4. The van der Waals surface area contributed by atoms with Gasteiger partial charge in [0.2, 0.25) is 0 Å². The van der Waals surface area contributed by atoms with E-state index in [4.69, 9.17) is 9.47 Å². The molecule has 0 aliphatic rings. The first-order valence-corrected chi connectivity index (χ1v) is 6.70. The van der Waals surface area contributed by atoms with Crippen LogP contribution < -0.4 is 5.32 Å². The molecule has 0 heterocycles. The number of ether oxygens (including phenoxy) is 2. The first-order chi connectivity index (χ1) is 8.53. The van der Waals surface area contributed by atoms with Gasteiger partial charge in [-0.1, -0.05) is 6.92 Å². The van der Waals surface area contributed by atoms with Crippen LogP contribution in [0.4, 0.5) is 0 Å². The summed E-state index contributed by atoms with van der Waals surface area (Å²) in [5, 5.41) is 3.06. The summed E-state index contributed by atoms with van der Waals surface area (Å²) >= 11 is 0. The second-order valence-corrected chi connectivity index (χ2v) is 4.37. The van der Waals surface area contributed by atoms with Crippen molar-refractivity contribution in [2.45, 2.75) is 33.2 Å². The lowest BCUT2D eigenvalue weighted by molar-refractivity contribution is -0.151. The van der Waals surface area contributed by atoms with E-state index in [1.54, 1.807) is 7.05 Å². The summed E-state index contributed by atoms with van der Waals surface area (Å²) in [5.41, 5.74) is -0.668. The second-order valence-electron chi connectivity index (χ2n) is 4.37. The largest absolute Gasteiger partial charge is 0.465 e. The molecule has 1 N–H and O–H groups in total. The third-order valence-electron chi connectivity index (χ3n) is 3.02. The average Bonchev–Trinajstić information content (AvgIpc) is 2.37. The van der Waals surface area contributed by atoms with E-state index in [0.29, 0.717) is 19.8 Å². The third-order valence-corrected chi connectivity index (χ3v) is 3.02. The van der Waals surface area contributed by atoms with Crippen molar-refractivity contribution in [3.05, 3.63) is 0 Å². The summed E-state index contributed by atoms with van der Waals surface area (Å²) in [6, 6.07) is 0. The van der Waals surface area contributed by atoms with Gasteiger partial charge in [0, 0.05) is 19.7 Å². The van der Waals surface area contributed by atoms with Gasteiger partial charge in [0.15, 0.2) is 0 Å². The molecular formula is C13H28N2O3. The summed E-state index contributed by atoms with van der Waals surface area (Å²) in [6.07, 6.45) is 0. The smallest absolute Gasteiger partial charge is 0.327 e. The molecule has 0 bridgehead atoms. The van der Waals surface area contributed by atoms with E-state index >= 15 is 0 Å². The molecule has 0 aromatic rings. The van der Waals surface area contributed by atoms with E-state index in [1.165, 1.54) is 0 Å². The molecule has 5 heteroatoms. The van der Waals surface area contributed by atoms with Crippen LogP contribution >= 0.6 is 0 Å². The predicted molar refractivity (Wildman–Crippen MR) is 72.7 cm³/mol. The van der Waals surface area contributed by atoms with Gasteiger partial charge < -0.3 is 14.8 Å². The fourth-order valence-corrected chi connectivity index (χ4v) is 1.67. The Bertz CT molecular complexity index is 236. The van der Waals surface area contributed by atoms with Crippen LogP contribution in [0.1, 0.15) is 27.7 Å². The lowest BCUT2D eigenvalue weighted by atomic mass is 10.0. The Morgan fingerprint density at radius 2 is 1.94 bits per heavy atom. The molecule has 0 fully saturated rings. The first-order valence-electron chi connectivity index (χ1n) is 6.70. The zero-order valence-corrected chi connectivity index (χ0v) is 12.4. The minimum absolute atomic E-state index is 0.206. The fourth-order valence-electron chi connectivity index (χ4n) is 1.67. The van der Waals surface area contributed by atoms with Crippen LogP contribution in [-0.2, 0) is 14.3 Å². The van der Waals surface area contributed by atoms with E-state index in [2.05, 4.69) is 17.1 Å². The molecule has 18 heavy (non-hydrogen) atoms. The topological polar surface area (TPSA) is 50.8 Å². The Morgan fingerprint density at radius 3 is 2.39 bits per heavy atom. The van der Waals surface area contributed by atoms with Gasteiger partial charge in [0.05, 0.1) is 13.2 Å². The quantitative estimate of drug-likeness (QED) is 0.467. The number of esters is 1. The monoisotopic (exact) mass is 260 g/mol. The van der Waals surface area contributed by atoms with Crippen molar-refractivity contribution in [3.8, 4) is 0 Å². The highest BCUT2D eigenvalue weighted by atomic mass is 16.5. The zero-order chi connectivity index (χ0) is 14.0. The maximum Gasteiger partial charge on any atom is 0.327 e. The van der Waals surface area contributed by atoms with Crippen molar-refractivity contribution in [1.82, 2.24) is 10.2 Å². The molecule has 1 atom stereocenters. The van der Waals surface area contributed by atoms with Gasteiger partial charge in [-0.3, -0.25) is 9.69 Å². The summed E-state index contributed by atoms with van der Waals surface area (Å²) in [6.45, 7) is 11.9. The Kier molecular flexibility index (Phi) is 8.97. The van der Waals surface area contributed by atoms with Crippen molar-refractivity contribution in [2.24, 2.45) is 0 Å². The van der Waals surface area contributed by atoms with Gasteiger partial charge in [0.1, 0.15) is 5.54 Å². The maximum atomic E-state index is 11.9. The van der Waals surface area contributed by atoms with Gasteiger partial charge >= 0.3 is 5.97 Å². The van der Waals surface area contributed by atoms with Crippen LogP contribution in [0, 0.1) is 0 Å². The summed E-state index contributed by atoms with van der Waals surface area (Å²) in [4.78, 5) is 14.1. The molecular weight excluding hydrogens is 232 g/mol. The summed E-state index contributed by atoms with van der Waals surface area (Å²) < 4.78 is 10.5. The molecule has 0 aromatic carbocycles. The lowest BCUT2D eigenvalue weighted by Gasteiger charge is -2.32. The van der Waals surface area contributed by atoms with E-state index in [1.807, 2.05) is 20.8 Å². The van der Waals surface area contributed by atoms with Gasteiger partial charge in [-0.15, -0.1) is 0 Å². The van der Waals surface area contributed by atoms with Gasteiger partial charge in [0.25, 0.3) is 0 Å². The Balaban J connectivity index is 4.40. The van der Waals surface area contributed by atoms with Crippen LogP contribution in [-0.4, -0.2) is 62.9 Å². The van der Waals surface area contributed by atoms with Crippen LogP contribution in [0.2, 0.25) is 0 Å². The molecule has 0 aromatic heterocycles. The molecule has 0 aliphatic heterocycles. The minimum Gasteiger partial charge on any atom is -0.465 e. The number of hydrogen-bond donors (Lipinski definition) is 1. The fraction of sp³-hybridized carbons (Fsp3) is 0.923. The molecule has 0 saturated carbocycles. The van der Waals surface area contributed by atoms with E-state index in [9.17, 15) is 4.79 Å². The second kappa shape index (κ2) is 9.30. The molecule has 108 valence electrons. The van der Waals surface area contributed by atoms with Crippen molar-refractivity contribution in [3.63, 3.8) is 0 Å². The number of hydrogen-bond acceptors (Lipinski definition) is 5. The van der Waals surface area contributed by atoms with Crippen molar-refractivity contribution >= 4 is 5.97 Å². The average molecular weight is 260 g/mol. The van der Waals surface area contributed by atoms with E-state index < -0.39 is 5.54 Å². The predicted octanol–water partition coefficient (Wildman–Crippen LogP) is 0.886. The maximum absolute atomic E-state index is 11.9. The number of carbonyl (C=O) groups is 1. The highest BCUT2D eigenvalue weighted by Crippen LogP contribution is 2.09. The number of nitrogens with zero attached hydrogens (tertiary/aromatic N) is 1. The molecule has 1 unspecified atom stereocenters. The van der Waals surface area contributed by atoms with E-state index in [0.717, 1.165) is 19.7 Å². The van der Waals surface area contributed by atoms with Crippen molar-refractivity contribution in [2.75, 3.05) is 46.5 Å². The highest BCUT2D eigenvalue weighted by Gasteiger charge is 2.34. The molecule has 0 amide bonds. The van der Waals surface area contributed by atoms with Crippen LogP contribution in [0.15, 0.2) is 0 Å². The van der Waals surface area contributed by atoms with Crippen molar-refractivity contribution in [1.29, 1.82) is 0 Å². The first kappa shape index (κ1) is 17.4. The molecule has 5 nitrogen and oxygen atoms in total. The lowest BCUT2D eigenvalue weighted by Crippen LogP contribution is -2.56. The summed E-state index contributed by atoms with van der Waals surface area (Å²) in [5.74, 6) is -0.206. The van der Waals surface area contributed by atoms with Gasteiger partial charge in [-0.2, -0.15) is 0 Å². The standard InChI is InChI=1S/C13H28N2O3/c1-6-15(9-10-17-7-2)11-13(4,14-5)12(16)18-8-3/h14H,6-11H2,1-5H3. The van der Waals surface area contributed by atoms with Crippen LogP contribution in [0.25, 0.3) is 0 Å². The third kappa shape index (κ3) is 5.80.